The normalized spacial score (nSPS) is 11.4. The molecule has 0 unspecified atom stereocenters. The maximum Gasteiger partial charge on any atom is 0.263 e. The lowest BCUT2D eigenvalue weighted by Gasteiger charge is -2.10. The lowest BCUT2D eigenvalue weighted by atomic mass is 10.0. The summed E-state index contributed by atoms with van der Waals surface area (Å²) in [4.78, 5) is 4.28. The number of aromatic nitrogens is 1. The Hall–Kier alpha value is -2.93. The number of hydrogen-bond donors (Lipinski definition) is 2. The topological polar surface area (TPSA) is 71.1 Å². The van der Waals surface area contributed by atoms with Gasteiger partial charge in [0.1, 0.15) is 11.6 Å². The Labute approximate surface area is 158 Å². The van der Waals surface area contributed by atoms with Crippen LogP contribution in [0.2, 0.25) is 0 Å². The van der Waals surface area contributed by atoms with E-state index in [-0.39, 0.29) is 16.5 Å². The zero-order valence-electron chi connectivity index (χ0n) is 15.0. The Morgan fingerprint density at radius 3 is 2.30 bits per heavy atom. The summed E-state index contributed by atoms with van der Waals surface area (Å²) in [6.45, 7) is 4.09. The van der Waals surface area contributed by atoms with E-state index in [1.165, 1.54) is 18.3 Å². The summed E-state index contributed by atoms with van der Waals surface area (Å²) in [6, 6.07) is 16.0. The van der Waals surface area contributed by atoms with Crippen LogP contribution in [-0.4, -0.2) is 13.4 Å². The lowest BCUT2D eigenvalue weighted by Crippen LogP contribution is -2.14. The highest BCUT2D eigenvalue weighted by Crippen LogP contribution is 2.21. The first-order valence-electron chi connectivity index (χ1n) is 8.45. The summed E-state index contributed by atoms with van der Waals surface area (Å²) in [7, 11) is -3.72. The molecule has 0 saturated carbocycles. The van der Waals surface area contributed by atoms with Gasteiger partial charge in [0, 0.05) is 5.69 Å². The molecule has 1 aromatic heterocycles. The first-order valence-corrected chi connectivity index (χ1v) is 9.93. The third kappa shape index (κ3) is 4.83. The summed E-state index contributed by atoms with van der Waals surface area (Å²) in [5, 5.41) is 3.00. The molecule has 2 N–H and O–H groups in total. The van der Waals surface area contributed by atoms with Crippen LogP contribution in [0.15, 0.2) is 71.8 Å². The number of pyridine rings is 1. The number of anilines is 3. The number of halogens is 1. The number of sulfonamides is 1. The standard InChI is InChI=1S/C20H20FN3O2S/c1-14(2)15-6-9-19(10-7-15)27(25,26)24-20-11-8-18(13-22-20)23-17-5-3-4-16(21)12-17/h3-14,23H,1-2H3,(H,22,24). The van der Waals surface area contributed by atoms with Gasteiger partial charge < -0.3 is 5.32 Å². The van der Waals surface area contributed by atoms with Crippen molar-refractivity contribution in [2.24, 2.45) is 0 Å². The van der Waals surface area contributed by atoms with Crippen molar-refractivity contribution in [1.82, 2.24) is 4.98 Å². The van der Waals surface area contributed by atoms with Crippen molar-refractivity contribution in [1.29, 1.82) is 0 Å². The second-order valence-corrected chi connectivity index (χ2v) is 8.08. The lowest BCUT2D eigenvalue weighted by molar-refractivity contribution is 0.601. The largest absolute Gasteiger partial charge is 0.354 e. The maximum absolute atomic E-state index is 13.2. The summed E-state index contributed by atoms with van der Waals surface area (Å²) in [5.74, 6) is 0.183. The van der Waals surface area contributed by atoms with Crippen molar-refractivity contribution in [3.8, 4) is 0 Å². The highest BCUT2D eigenvalue weighted by Gasteiger charge is 2.15. The van der Waals surface area contributed by atoms with Crippen LogP contribution in [0.25, 0.3) is 0 Å². The van der Waals surface area contributed by atoms with Crippen LogP contribution in [-0.2, 0) is 10.0 Å². The van der Waals surface area contributed by atoms with Crippen LogP contribution in [0.1, 0.15) is 25.3 Å². The van der Waals surface area contributed by atoms with Crippen molar-refractivity contribution in [2.75, 3.05) is 10.0 Å². The number of nitrogens with zero attached hydrogens (tertiary/aromatic N) is 1. The molecule has 2 aromatic carbocycles. The minimum atomic E-state index is -3.72. The van der Waals surface area contributed by atoms with Gasteiger partial charge in [-0.2, -0.15) is 0 Å². The Morgan fingerprint density at radius 2 is 1.70 bits per heavy atom. The first kappa shape index (κ1) is 18.8. The third-order valence-corrected chi connectivity index (χ3v) is 5.34. The molecule has 0 spiro atoms. The average molecular weight is 385 g/mol. The van der Waals surface area contributed by atoms with Crippen molar-refractivity contribution in [3.63, 3.8) is 0 Å². The van der Waals surface area contributed by atoms with Crippen LogP contribution in [0, 0.1) is 5.82 Å². The zero-order valence-corrected chi connectivity index (χ0v) is 15.8. The molecule has 0 aliphatic carbocycles. The van der Waals surface area contributed by atoms with Gasteiger partial charge >= 0.3 is 0 Å². The van der Waals surface area contributed by atoms with Crippen LogP contribution in [0.5, 0.6) is 0 Å². The molecule has 3 aromatic rings. The average Bonchev–Trinajstić information content (AvgIpc) is 2.63. The van der Waals surface area contributed by atoms with Gasteiger partial charge in [-0.15, -0.1) is 0 Å². The molecule has 0 fully saturated rings. The van der Waals surface area contributed by atoms with E-state index in [0.29, 0.717) is 17.3 Å². The molecule has 0 aliphatic rings. The van der Waals surface area contributed by atoms with Gasteiger partial charge in [-0.3, -0.25) is 4.72 Å². The van der Waals surface area contributed by atoms with E-state index in [2.05, 4.69) is 15.0 Å². The van der Waals surface area contributed by atoms with E-state index in [1.54, 1.807) is 48.5 Å². The minimum Gasteiger partial charge on any atom is -0.354 e. The summed E-state index contributed by atoms with van der Waals surface area (Å²) in [6.07, 6.45) is 1.48. The van der Waals surface area contributed by atoms with E-state index in [1.807, 2.05) is 13.8 Å². The van der Waals surface area contributed by atoms with Crippen LogP contribution in [0.4, 0.5) is 21.6 Å². The number of benzene rings is 2. The van der Waals surface area contributed by atoms with E-state index in [4.69, 9.17) is 0 Å². The fourth-order valence-electron chi connectivity index (χ4n) is 2.49. The molecule has 1 heterocycles. The highest BCUT2D eigenvalue weighted by molar-refractivity contribution is 7.92. The van der Waals surface area contributed by atoms with Gasteiger partial charge in [-0.25, -0.2) is 17.8 Å². The molecule has 27 heavy (non-hydrogen) atoms. The summed E-state index contributed by atoms with van der Waals surface area (Å²) in [5.41, 5.74) is 2.26. The van der Waals surface area contributed by atoms with E-state index in [0.717, 1.165) is 5.56 Å². The third-order valence-electron chi connectivity index (χ3n) is 3.97. The Morgan fingerprint density at radius 1 is 0.963 bits per heavy atom. The molecule has 7 heteroatoms. The maximum atomic E-state index is 13.2. The second-order valence-electron chi connectivity index (χ2n) is 6.40. The van der Waals surface area contributed by atoms with Crippen LogP contribution >= 0.6 is 0 Å². The molecule has 0 saturated heterocycles. The zero-order chi connectivity index (χ0) is 19.4. The quantitative estimate of drug-likeness (QED) is 0.634. The van der Waals surface area contributed by atoms with Gasteiger partial charge in [0.25, 0.3) is 10.0 Å². The molecule has 3 rings (SSSR count). The fraction of sp³-hybridized carbons (Fsp3) is 0.150. The predicted octanol–water partition coefficient (Wildman–Crippen LogP) is 4.89. The molecule has 0 radical (unpaired) electrons. The van der Waals surface area contributed by atoms with Crippen LogP contribution in [0.3, 0.4) is 0 Å². The number of rotatable bonds is 6. The molecule has 0 atom stereocenters. The van der Waals surface area contributed by atoms with Gasteiger partial charge in [0.05, 0.1) is 16.8 Å². The van der Waals surface area contributed by atoms with E-state index in [9.17, 15) is 12.8 Å². The van der Waals surface area contributed by atoms with Crippen molar-refractivity contribution >= 4 is 27.2 Å². The van der Waals surface area contributed by atoms with Gasteiger partial charge in [-0.1, -0.05) is 32.0 Å². The molecule has 0 aliphatic heterocycles. The summed E-state index contributed by atoms with van der Waals surface area (Å²) < 4.78 is 40.7. The molecular formula is C20H20FN3O2S. The van der Waals surface area contributed by atoms with Crippen LogP contribution < -0.4 is 10.0 Å². The van der Waals surface area contributed by atoms with Gasteiger partial charge in [0.15, 0.2) is 0 Å². The predicted molar refractivity (Wildman–Crippen MR) is 105 cm³/mol. The summed E-state index contributed by atoms with van der Waals surface area (Å²) >= 11 is 0. The van der Waals surface area contributed by atoms with Gasteiger partial charge in [-0.05, 0) is 53.9 Å². The Bertz CT molecular complexity index is 1020. The molecular weight excluding hydrogens is 365 g/mol. The Kier molecular flexibility index (Phi) is 5.41. The van der Waals surface area contributed by atoms with E-state index < -0.39 is 10.0 Å². The molecule has 140 valence electrons. The Balaban J connectivity index is 1.71. The number of hydrogen-bond acceptors (Lipinski definition) is 4. The number of nitrogens with one attached hydrogen (secondary N) is 2. The highest BCUT2D eigenvalue weighted by atomic mass is 32.2. The SMILES string of the molecule is CC(C)c1ccc(S(=O)(=O)Nc2ccc(Nc3cccc(F)c3)cn2)cc1. The van der Waals surface area contributed by atoms with E-state index >= 15 is 0 Å². The first-order chi connectivity index (χ1) is 12.8. The fourth-order valence-corrected chi connectivity index (χ4v) is 3.50. The van der Waals surface area contributed by atoms with Crippen molar-refractivity contribution in [2.45, 2.75) is 24.7 Å². The van der Waals surface area contributed by atoms with Crippen molar-refractivity contribution < 1.29 is 12.8 Å². The minimum absolute atomic E-state index is 0.177. The van der Waals surface area contributed by atoms with Crippen molar-refractivity contribution in [3.05, 3.63) is 78.2 Å². The molecule has 0 bridgehead atoms. The monoisotopic (exact) mass is 385 g/mol. The molecule has 5 nitrogen and oxygen atoms in total. The smallest absolute Gasteiger partial charge is 0.263 e. The van der Waals surface area contributed by atoms with Gasteiger partial charge in [0.2, 0.25) is 0 Å². The molecule has 0 amide bonds. The second kappa shape index (κ2) is 7.75.